The maximum atomic E-state index is 15.1. The number of amides is 4. The third-order valence-corrected chi connectivity index (χ3v) is 14.7. The van der Waals surface area contributed by atoms with Crippen molar-refractivity contribution in [1.29, 1.82) is 0 Å². The maximum Gasteiger partial charge on any atom is 0.407 e. The number of aryl methyl sites for hydroxylation is 1. The number of aromatic nitrogens is 4. The van der Waals surface area contributed by atoms with Gasteiger partial charge in [0, 0.05) is 49.2 Å². The molecule has 0 radical (unpaired) electrons. The van der Waals surface area contributed by atoms with Crippen LogP contribution in [-0.4, -0.2) is 67.6 Å². The highest BCUT2D eigenvalue weighted by Gasteiger charge is 2.39. The molecule has 0 saturated carbocycles. The summed E-state index contributed by atoms with van der Waals surface area (Å²) >= 11 is 3.00. The lowest BCUT2D eigenvalue weighted by Gasteiger charge is -2.37. The lowest BCUT2D eigenvalue weighted by atomic mass is 9.77. The summed E-state index contributed by atoms with van der Waals surface area (Å²) in [4.78, 5) is 58.8. The Morgan fingerprint density at radius 2 is 1.26 bits per heavy atom. The summed E-state index contributed by atoms with van der Waals surface area (Å²) in [5.41, 5.74) is 7.60. The standard InChI is InChI=1S/C58H62N8O4S2/c1-42(2)55-62-51(39-71-55)36-65(3)56(68)64-53(34-50-37-66(40-60-50)58(45-23-13-6-14-24-45,46-25-15-7-16-26-46)47-27-17-8-18-28-47)54(67)61-48(30-29-43-19-9-4-10-20-43)31-32-49(33-44-21-11-5-12-22-44)63-57(69)70-38-52-35-59-41-72-52/h4-28,35,37,39-42,48-49,53H,29-34,36,38H2,1-3H3,(H,61,67)(H,63,69)(H,64,68)/t48-,49+,53+/m1/s1. The number of thiazole rings is 2. The van der Waals surface area contributed by atoms with Crippen molar-refractivity contribution in [1.82, 2.24) is 40.4 Å². The van der Waals surface area contributed by atoms with Crippen LogP contribution >= 0.6 is 22.7 Å². The molecule has 8 aromatic rings. The number of carbonyl (C=O) groups excluding carboxylic acids is 3. The lowest BCUT2D eigenvalue weighted by molar-refractivity contribution is -0.123. The van der Waals surface area contributed by atoms with Crippen molar-refractivity contribution in [2.75, 3.05) is 7.05 Å². The third kappa shape index (κ3) is 13.5. The van der Waals surface area contributed by atoms with Gasteiger partial charge < -0.3 is 30.2 Å². The number of rotatable bonds is 23. The number of benzene rings is 5. The zero-order valence-corrected chi connectivity index (χ0v) is 42.6. The van der Waals surface area contributed by atoms with Crippen LogP contribution in [0.2, 0.25) is 0 Å². The fourth-order valence-corrected chi connectivity index (χ4v) is 10.4. The second kappa shape index (κ2) is 25.1. The molecule has 3 N–H and O–H groups in total. The van der Waals surface area contributed by atoms with Crippen molar-refractivity contribution in [3.63, 3.8) is 0 Å². The van der Waals surface area contributed by atoms with Gasteiger partial charge >= 0.3 is 12.1 Å². The molecule has 12 nitrogen and oxygen atoms in total. The first kappa shape index (κ1) is 51.0. The second-order valence-corrected chi connectivity index (χ2v) is 20.2. The van der Waals surface area contributed by atoms with Crippen molar-refractivity contribution in [2.24, 2.45) is 0 Å². The van der Waals surface area contributed by atoms with Gasteiger partial charge in [-0.1, -0.05) is 166 Å². The number of nitrogens with zero attached hydrogens (tertiary/aromatic N) is 5. The van der Waals surface area contributed by atoms with Crippen LogP contribution in [0.4, 0.5) is 9.59 Å². The number of ether oxygens (including phenoxy) is 1. The van der Waals surface area contributed by atoms with E-state index in [1.54, 1.807) is 35.0 Å². The molecule has 0 unspecified atom stereocenters. The predicted molar refractivity (Wildman–Crippen MR) is 286 cm³/mol. The normalized spacial score (nSPS) is 12.7. The molecule has 8 rings (SSSR count). The fraction of sp³-hybridized carbons (Fsp3) is 0.276. The van der Waals surface area contributed by atoms with Crippen molar-refractivity contribution in [3.8, 4) is 0 Å². The first-order chi connectivity index (χ1) is 35.1. The minimum atomic E-state index is -1.01. The van der Waals surface area contributed by atoms with Gasteiger partial charge in [-0.05, 0) is 59.9 Å². The molecular weight excluding hydrogens is 937 g/mol. The molecule has 0 aliphatic carbocycles. The molecule has 0 saturated heterocycles. The first-order valence-corrected chi connectivity index (χ1v) is 26.2. The second-order valence-electron chi connectivity index (χ2n) is 18.4. The smallest absolute Gasteiger partial charge is 0.407 e. The Kier molecular flexibility index (Phi) is 17.8. The molecule has 3 atom stereocenters. The number of hydrogen-bond donors (Lipinski definition) is 3. The van der Waals surface area contributed by atoms with E-state index in [0.717, 1.165) is 43.4 Å². The number of alkyl carbamates (subject to hydrolysis) is 1. The SMILES string of the molecule is CC(C)c1nc(CN(C)C(=O)N[C@@H](Cc2cn(C(c3ccccc3)(c3ccccc3)c3ccccc3)cn2)C(=O)N[C@H](CCc2ccccc2)CC[C@@H](Cc2ccccc2)NC(=O)OCc2cncs2)cs1. The zero-order chi connectivity index (χ0) is 50.1. The number of urea groups is 1. The molecule has 3 heterocycles. The van der Waals surface area contributed by atoms with Gasteiger partial charge in [0.15, 0.2) is 0 Å². The first-order valence-electron chi connectivity index (χ1n) is 24.5. The van der Waals surface area contributed by atoms with Crippen molar-refractivity contribution in [3.05, 3.63) is 230 Å². The van der Waals surface area contributed by atoms with Gasteiger partial charge in [0.2, 0.25) is 5.91 Å². The summed E-state index contributed by atoms with van der Waals surface area (Å²) in [6.07, 6.45) is 8.07. The zero-order valence-electron chi connectivity index (χ0n) is 41.0. The van der Waals surface area contributed by atoms with E-state index in [-0.39, 0.29) is 43.5 Å². The van der Waals surface area contributed by atoms with Crippen LogP contribution in [0.25, 0.3) is 0 Å². The topological polar surface area (TPSA) is 143 Å². The Balaban J connectivity index is 1.09. The van der Waals surface area contributed by atoms with Crippen LogP contribution in [0.5, 0.6) is 0 Å². The van der Waals surface area contributed by atoms with E-state index < -0.39 is 23.7 Å². The van der Waals surface area contributed by atoms with Gasteiger partial charge in [0.25, 0.3) is 0 Å². The summed E-state index contributed by atoms with van der Waals surface area (Å²) in [5.74, 6) is -0.0699. The van der Waals surface area contributed by atoms with Crippen LogP contribution in [-0.2, 0) is 47.5 Å². The average Bonchev–Trinajstić information content (AvgIpc) is 4.22. The Morgan fingerprint density at radius 3 is 1.83 bits per heavy atom. The predicted octanol–water partition coefficient (Wildman–Crippen LogP) is 10.9. The molecule has 72 heavy (non-hydrogen) atoms. The van der Waals surface area contributed by atoms with Crippen LogP contribution in [0.3, 0.4) is 0 Å². The molecule has 0 aliphatic heterocycles. The average molecular weight is 999 g/mol. The molecule has 0 aliphatic rings. The third-order valence-electron chi connectivity index (χ3n) is 12.7. The van der Waals surface area contributed by atoms with Crippen LogP contribution in [0, 0.1) is 0 Å². The molecule has 14 heteroatoms. The Hall–Kier alpha value is -7.42. The van der Waals surface area contributed by atoms with Gasteiger partial charge in [-0.15, -0.1) is 22.7 Å². The van der Waals surface area contributed by atoms with Crippen molar-refractivity contribution < 1.29 is 19.1 Å². The monoisotopic (exact) mass is 998 g/mol. The van der Waals surface area contributed by atoms with Crippen LogP contribution in [0.15, 0.2) is 181 Å². The Morgan fingerprint density at radius 1 is 0.681 bits per heavy atom. The molecule has 5 aromatic carbocycles. The molecule has 370 valence electrons. The van der Waals surface area contributed by atoms with Crippen LogP contribution < -0.4 is 16.0 Å². The van der Waals surface area contributed by atoms with Gasteiger partial charge in [-0.2, -0.15) is 0 Å². The van der Waals surface area contributed by atoms with E-state index in [1.165, 1.54) is 11.3 Å². The van der Waals surface area contributed by atoms with E-state index in [0.29, 0.717) is 37.8 Å². The van der Waals surface area contributed by atoms with Gasteiger partial charge in [-0.3, -0.25) is 9.78 Å². The van der Waals surface area contributed by atoms with Gasteiger partial charge in [0.1, 0.15) is 18.2 Å². The van der Waals surface area contributed by atoms with E-state index in [2.05, 4.69) is 87.9 Å². The highest BCUT2D eigenvalue weighted by atomic mass is 32.1. The van der Waals surface area contributed by atoms with E-state index in [4.69, 9.17) is 14.7 Å². The lowest BCUT2D eigenvalue weighted by Crippen LogP contribution is -2.53. The highest BCUT2D eigenvalue weighted by Crippen LogP contribution is 2.41. The molecule has 3 aromatic heterocycles. The maximum absolute atomic E-state index is 15.1. The van der Waals surface area contributed by atoms with E-state index in [1.807, 2.05) is 121 Å². The molecule has 0 fully saturated rings. The summed E-state index contributed by atoms with van der Waals surface area (Å²) in [5, 5.41) is 12.6. The molecule has 0 bridgehead atoms. The Labute approximate surface area is 430 Å². The van der Waals surface area contributed by atoms with Crippen LogP contribution in [0.1, 0.15) is 88.1 Å². The highest BCUT2D eigenvalue weighted by molar-refractivity contribution is 7.09. The quantitative estimate of drug-likeness (QED) is 0.0542. The number of hydrogen-bond acceptors (Lipinski definition) is 9. The minimum Gasteiger partial charge on any atom is -0.444 e. The van der Waals surface area contributed by atoms with Gasteiger partial charge in [-0.25, -0.2) is 19.6 Å². The summed E-state index contributed by atoms with van der Waals surface area (Å²) < 4.78 is 7.73. The number of imidazole rings is 1. The van der Waals surface area contributed by atoms with Crippen molar-refractivity contribution >= 4 is 40.7 Å². The summed E-state index contributed by atoms with van der Waals surface area (Å²) in [7, 11) is 1.71. The molecule has 0 spiro atoms. The number of carbonyl (C=O) groups is 3. The van der Waals surface area contributed by atoms with E-state index in [9.17, 15) is 9.59 Å². The largest absolute Gasteiger partial charge is 0.444 e. The van der Waals surface area contributed by atoms with Gasteiger partial charge in [0.05, 0.1) is 39.7 Å². The summed E-state index contributed by atoms with van der Waals surface area (Å²) in [6, 6.07) is 49.2. The fourth-order valence-electron chi connectivity index (χ4n) is 9.05. The Bertz CT molecular complexity index is 2800. The molecule has 4 amide bonds. The van der Waals surface area contributed by atoms with E-state index >= 15 is 4.79 Å². The molecular formula is C58H62N8O4S2. The minimum absolute atomic E-state index is 0.107. The summed E-state index contributed by atoms with van der Waals surface area (Å²) in [6.45, 7) is 4.59. The number of nitrogens with one attached hydrogen (secondary N) is 3. The van der Waals surface area contributed by atoms with Crippen molar-refractivity contribution in [2.45, 2.75) is 95.1 Å².